The zero-order chi connectivity index (χ0) is 15.7. The van der Waals surface area contributed by atoms with Crippen LogP contribution in [0.1, 0.15) is 33.6 Å². The average molecular weight is 288 g/mol. The van der Waals surface area contributed by atoms with E-state index in [9.17, 15) is 14.4 Å². The van der Waals surface area contributed by atoms with Gasteiger partial charge in [0.05, 0.1) is 7.11 Å². The molecule has 116 valence electrons. The van der Waals surface area contributed by atoms with Crippen LogP contribution in [0.25, 0.3) is 0 Å². The van der Waals surface area contributed by atoms with Gasteiger partial charge in [0, 0.05) is 6.54 Å². The van der Waals surface area contributed by atoms with Crippen LogP contribution >= 0.6 is 0 Å². The molecular weight excluding hydrogens is 264 g/mol. The lowest BCUT2D eigenvalue weighted by Gasteiger charge is -2.26. The molecule has 2 amide bonds. The number of aliphatic carboxylic acids is 1. The lowest BCUT2D eigenvalue weighted by atomic mass is 9.99. The van der Waals surface area contributed by atoms with E-state index in [2.05, 4.69) is 10.1 Å². The largest absolute Gasteiger partial charge is 0.480 e. The Bertz CT molecular complexity index is 346. The lowest BCUT2D eigenvalue weighted by Crippen LogP contribution is -2.51. The number of carboxylic acids is 1. The van der Waals surface area contributed by atoms with Crippen molar-refractivity contribution in [1.82, 2.24) is 10.2 Å². The van der Waals surface area contributed by atoms with Crippen LogP contribution in [0.15, 0.2) is 0 Å². The molecule has 0 aliphatic heterocycles. The Labute approximate surface area is 119 Å². The van der Waals surface area contributed by atoms with E-state index in [0.29, 0.717) is 19.4 Å². The molecule has 0 aliphatic rings. The van der Waals surface area contributed by atoms with Gasteiger partial charge in [-0.15, -0.1) is 0 Å². The summed E-state index contributed by atoms with van der Waals surface area (Å²) in [5.74, 6) is -1.82. The zero-order valence-electron chi connectivity index (χ0n) is 12.5. The van der Waals surface area contributed by atoms with Crippen molar-refractivity contribution >= 4 is 18.0 Å². The third-order valence-electron chi connectivity index (χ3n) is 3.09. The summed E-state index contributed by atoms with van der Waals surface area (Å²) in [6, 6.07) is -1.53. The maximum atomic E-state index is 12.1. The molecule has 7 nitrogen and oxygen atoms in total. The fourth-order valence-electron chi connectivity index (χ4n) is 1.65. The van der Waals surface area contributed by atoms with E-state index < -0.39 is 24.0 Å². The van der Waals surface area contributed by atoms with Crippen LogP contribution in [0.3, 0.4) is 0 Å². The highest BCUT2D eigenvalue weighted by atomic mass is 16.5. The number of hydrogen-bond acceptors (Lipinski definition) is 4. The quantitative estimate of drug-likeness (QED) is 0.652. The Morgan fingerprint density at radius 1 is 1.30 bits per heavy atom. The topological polar surface area (TPSA) is 95.9 Å². The Morgan fingerprint density at radius 3 is 2.30 bits per heavy atom. The molecular formula is C13H24N2O5. The molecule has 20 heavy (non-hydrogen) atoms. The van der Waals surface area contributed by atoms with Crippen molar-refractivity contribution in [3.8, 4) is 0 Å². The molecule has 0 aromatic rings. The highest BCUT2D eigenvalue weighted by Gasteiger charge is 2.27. The normalized spacial score (nSPS) is 13.2. The van der Waals surface area contributed by atoms with Gasteiger partial charge in [-0.2, -0.15) is 0 Å². The SMILES string of the molecule is CCCN(CC(=O)OC)C(=O)N[C@H](C(=O)O)C(C)CC. The first kappa shape index (κ1) is 18.2. The van der Waals surface area contributed by atoms with Crippen LogP contribution in [0.2, 0.25) is 0 Å². The van der Waals surface area contributed by atoms with Gasteiger partial charge in [0.25, 0.3) is 0 Å². The molecule has 0 aliphatic carbocycles. The van der Waals surface area contributed by atoms with E-state index in [-0.39, 0.29) is 12.5 Å². The van der Waals surface area contributed by atoms with Crippen LogP contribution in [0.4, 0.5) is 4.79 Å². The molecule has 0 fully saturated rings. The first-order valence-corrected chi connectivity index (χ1v) is 6.72. The summed E-state index contributed by atoms with van der Waals surface area (Å²) in [7, 11) is 1.24. The highest BCUT2D eigenvalue weighted by molar-refractivity contribution is 5.85. The minimum absolute atomic E-state index is 0.191. The Kier molecular flexibility index (Phi) is 8.35. The fraction of sp³-hybridized carbons (Fsp3) is 0.769. The third-order valence-corrected chi connectivity index (χ3v) is 3.09. The molecule has 0 heterocycles. The molecule has 1 unspecified atom stereocenters. The summed E-state index contributed by atoms with van der Waals surface area (Å²) in [6.07, 6.45) is 1.29. The van der Waals surface area contributed by atoms with Gasteiger partial charge in [-0.3, -0.25) is 4.79 Å². The molecule has 0 bridgehead atoms. The molecule has 0 aromatic carbocycles. The minimum atomic E-state index is -1.08. The number of nitrogens with zero attached hydrogens (tertiary/aromatic N) is 1. The van der Waals surface area contributed by atoms with Crippen LogP contribution in [0.5, 0.6) is 0 Å². The number of amides is 2. The molecule has 0 aromatic heterocycles. The Hall–Kier alpha value is -1.79. The molecule has 0 spiro atoms. The number of carbonyl (C=O) groups excluding carboxylic acids is 2. The maximum Gasteiger partial charge on any atom is 0.326 e. The number of urea groups is 1. The van der Waals surface area contributed by atoms with E-state index in [1.165, 1.54) is 12.0 Å². The smallest absolute Gasteiger partial charge is 0.326 e. The molecule has 0 radical (unpaired) electrons. The van der Waals surface area contributed by atoms with E-state index in [1.807, 2.05) is 13.8 Å². The summed E-state index contributed by atoms with van der Waals surface area (Å²) in [5, 5.41) is 11.6. The first-order valence-electron chi connectivity index (χ1n) is 6.72. The number of carbonyl (C=O) groups is 3. The molecule has 7 heteroatoms. The second kappa shape index (κ2) is 9.17. The van der Waals surface area contributed by atoms with E-state index in [1.54, 1.807) is 6.92 Å². The van der Waals surface area contributed by atoms with Crippen molar-refractivity contribution in [2.45, 2.75) is 39.7 Å². The average Bonchev–Trinajstić information content (AvgIpc) is 2.42. The summed E-state index contributed by atoms with van der Waals surface area (Å²) in [5.41, 5.74) is 0. The standard InChI is InChI=1S/C13H24N2O5/c1-5-7-15(8-10(16)20-4)13(19)14-11(12(17)18)9(3)6-2/h9,11H,5-8H2,1-4H3,(H,14,19)(H,17,18)/t9?,11-/m0/s1. The summed E-state index contributed by atoms with van der Waals surface area (Å²) in [6.45, 7) is 5.63. The fourth-order valence-corrected chi connectivity index (χ4v) is 1.65. The van der Waals surface area contributed by atoms with E-state index in [0.717, 1.165) is 0 Å². The van der Waals surface area contributed by atoms with Crippen molar-refractivity contribution in [1.29, 1.82) is 0 Å². The summed E-state index contributed by atoms with van der Waals surface area (Å²) in [4.78, 5) is 35.7. The van der Waals surface area contributed by atoms with Gasteiger partial charge in [0.15, 0.2) is 0 Å². The monoisotopic (exact) mass is 288 g/mol. The van der Waals surface area contributed by atoms with Crippen LogP contribution in [-0.4, -0.2) is 54.2 Å². The van der Waals surface area contributed by atoms with Crippen molar-refractivity contribution in [2.24, 2.45) is 5.92 Å². The molecule has 0 rings (SSSR count). The Balaban J connectivity index is 4.79. The molecule has 0 saturated carbocycles. The minimum Gasteiger partial charge on any atom is -0.480 e. The van der Waals surface area contributed by atoms with Gasteiger partial charge in [0.2, 0.25) is 0 Å². The molecule has 2 atom stereocenters. The number of nitrogens with one attached hydrogen (secondary N) is 1. The lowest BCUT2D eigenvalue weighted by molar-refractivity contribution is -0.141. The van der Waals surface area contributed by atoms with Gasteiger partial charge in [-0.05, 0) is 12.3 Å². The number of hydrogen-bond donors (Lipinski definition) is 2. The van der Waals surface area contributed by atoms with Crippen LogP contribution in [-0.2, 0) is 14.3 Å². The number of carboxylic acid groups (broad SMARTS) is 1. The second-order valence-electron chi connectivity index (χ2n) is 4.65. The van der Waals surface area contributed by atoms with Crippen LogP contribution in [0, 0.1) is 5.92 Å². The predicted octanol–water partition coefficient (Wildman–Crippen LogP) is 1.08. The van der Waals surface area contributed by atoms with E-state index in [4.69, 9.17) is 5.11 Å². The van der Waals surface area contributed by atoms with Gasteiger partial charge in [0.1, 0.15) is 12.6 Å². The second-order valence-corrected chi connectivity index (χ2v) is 4.65. The predicted molar refractivity (Wildman–Crippen MR) is 73.3 cm³/mol. The van der Waals surface area contributed by atoms with Crippen molar-refractivity contribution in [3.05, 3.63) is 0 Å². The van der Waals surface area contributed by atoms with Gasteiger partial charge in [-0.25, -0.2) is 9.59 Å². The van der Waals surface area contributed by atoms with Gasteiger partial charge < -0.3 is 20.1 Å². The molecule has 2 N–H and O–H groups in total. The number of methoxy groups -OCH3 is 1. The number of esters is 1. The third kappa shape index (κ3) is 5.90. The summed E-state index contributed by atoms with van der Waals surface area (Å²) >= 11 is 0. The van der Waals surface area contributed by atoms with Crippen molar-refractivity contribution in [3.63, 3.8) is 0 Å². The first-order chi connectivity index (χ1) is 9.37. The van der Waals surface area contributed by atoms with Crippen molar-refractivity contribution in [2.75, 3.05) is 20.2 Å². The maximum absolute atomic E-state index is 12.1. The number of ether oxygens (including phenoxy) is 1. The zero-order valence-corrected chi connectivity index (χ0v) is 12.5. The van der Waals surface area contributed by atoms with Crippen LogP contribution < -0.4 is 5.32 Å². The summed E-state index contributed by atoms with van der Waals surface area (Å²) < 4.78 is 4.52. The van der Waals surface area contributed by atoms with Gasteiger partial charge >= 0.3 is 18.0 Å². The van der Waals surface area contributed by atoms with Gasteiger partial charge in [-0.1, -0.05) is 27.2 Å². The van der Waals surface area contributed by atoms with E-state index >= 15 is 0 Å². The number of rotatable bonds is 8. The van der Waals surface area contributed by atoms with Crippen molar-refractivity contribution < 1.29 is 24.2 Å². The highest BCUT2D eigenvalue weighted by Crippen LogP contribution is 2.08. The Morgan fingerprint density at radius 2 is 1.90 bits per heavy atom. The molecule has 0 saturated heterocycles.